The van der Waals surface area contributed by atoms with Crippen molar-refractivity contribution in [3.8, 4) is 0 Å². The van der Waals surface area contributed by atoms with Crippen LogP contribution in [0.2, 0.25) is 0 Å². The van der Waals surface area contributed by atoms with Gasteiger partial charge in [0.05, 0.1) is 11.9 Å². The molecule has 1 aromatic heterocycles. The minimum atomic E-state index is -0.178. The average molecular weight is 263 g/mol. The van der Waals surface area contributed by atoms with E-state index in [1.165, 1.54) is 6.07 Å². The molecule has 1 aromatic carbocycles. The third-order valence-corrected chi connectivity index (χ3v) is 3.32. The third kappa shape index (κ3) is 2.81. The molecule has 3 heteroatoms. The maximum atomic E-state index is 14.1. The smallest absolute Gasteiger partial charge is 0.140 e. The van der Waals surface area contributed by atoms with Gasteiger partial charge in [0, 0.05) is 5.56 Å². The van der Waals surface area contributed by atoms with Crippen LogP contribution in [-0.4, -0.2) is 6.54 Å². The van der Waals surface area contributed by atoms with Crippen molar-refractivity contribution in [2.24, 2.45) is 5.92 Å². The molecule has 0 spiro atoms. The van der Waals surface area contributed by atoms with E-state index in [0.29, 0.717) is 23.4 Å². The van der Waals surface area contributed by atoms with E-state index in [1.807, 2.05) is 6.92 Å². The molecule has 0 atom stereocenters. The Morgan fingerprint density at radius 3 is 2.68 bits per heavy atom. The fourth-order valence-electron chi connectivity index (χ4n) is 2.41. The monoisotopic (exact) mass is 263 g/mol. The van der Waals surface area contributed by atoms with Crippen LogP contribution < -0.4 is 5.32 Å². The normalized spacial score (nSPS) is 11.7. The summed E-state index contributed by atoms with van der Waals surface area (Å²) >= 11 is 0. The zero-order valence-electron chi connectivity index (χ0n) is 12.1. The topological polar surface area (TPSA) is 25.2 Å². The van der Waals surface area contributed by atoms with Crippen LogP contribution in [0.15, 0.2) is 16.5 Å². The summed E-state index contributed by atoms with van der Waals surface area (Å²) < 4.78 is 20.0. The highest BCUT2D eigenvalue weighted by atomic mass is 19.1. The van der Waals surface area contributed by atoms with E-state index in [1.54, 1.807) is 6.07 Å². The van der Waals surface area contributed by atoms with E-state index >= 15 is 0 Å². The first kappa shape index (κ1) is 14.1. The molecule has 0 saturated carbocycles. The van der Waals surface area contributed by atoms with Crippen molar-refractivity contribution in [1.82, 2.24) is 5.32 Å². The minimum Gasteiger partial charge on any atom is -0.459 e. The van der Waals surface area contributed by atoms with Crippen LogP contribution in [0.5, 0.6) is 0 Å². The second kappa shape index (κ2) is 5.74. The number of halogens is 1. The fourth-order valence-corrected chi connectivity index (χ4v) is 2.41. The molecule has 2 aromatic rings. The first-order valence-corrected chi connectivity index (χ1v) is 6.94. The molecule has 0 radical (unpaired) electrons. The van der Waals surface area contributed by atoms with Crippen molar-refractivity contribution in [2.75, 3.05) is 6.54 Å². The lowest BCUT2D eigenvalue weighted by Gasteiger charge is -2.06. The Balaban J connectivity index is 2.59. The van der Waals surface area contributed by atoms with E-state index in [-0.39, 0.29) is 5.82 Å². The van der Waals surface area contributed by atoms with Gasteiger partial charge in [-0.1, -0.05) is 26.8 Å². The Hall–Kier alpha value is -1.35. The van der Waals surface area contributed by atoms with Gasteiger partial charge in [0.2, 0.25) is 0 Å². The number of rotatable bonds is 5. The number of benzene rings is 1. The molecule has 19 heavy (non-hydrogen) atoms. The van der Waals surface area contributed by atoms with Gasteiger partial charge in [-0.25, -0.2) is 4.39 Å². The molecule has 0 saturated heterocycles. The van der Waals surface area contributed by atoms with E-state index in [4.69, 9.17) is 4.42 Å². The number of fused-ring (bicyclic) bond motifs is 1. The summed E-state index contributed by atoms with van der Waals surface area (Å²) in [5.41, 5.74) is 2.71. The average Bonchev–Trinajstić information content (AvgIpc) is 2.71. The second-order valence-electron chi connectivity index (χ2n) is 5.45. The summed E-state index contributed by atoms with van der Waals surface area (Å²) in [5, 5.41) is 3.93. The highest BCUT2D eigenvalue weighted by Crippen LogP contribution is 2.32. The van der Waals surface area contributed by atoms with Gasteiger partial charge < -0.3 is 9.73 Å². The van der Waals surface area contributed by atoms with Gasteiger partial charge in [-0.2, -0.15) is 0 Å². The summed E-state index contributed by atoms with van der Waals surface area (Å²) in [7, 11) is 0. The summed E-state index contributed by atoms with van der Waals surface area (Å²) in [5.74, 6) is 1.17. The lowest BCUT2D eigenvalue weighted by atomic mass is 9.98. The predicted molar refractivity (Wildman–Crippen MR) is 76.8 cm³/mol. The van der Waals surface area contributed by atoms with Crippen molar-refractivity contribution < 1.29 is 8.81 Å². The zero-order chi connectivity index (χ0) is 14.0. The zero-order valence-corrected chi connectivity index (χ0v) is 12.1. The van der Waals surface area contributed by atoms with Crippen molar-refractivity contribution in [3.05, 3.63) is 34.8 Å². The first-order chi connectivity index (χ1) is 9.04. The van der Waals surface area contributed by atoms with Gasteiger partial charge in [0.25, 0.3) is 0 Å². The van der Waals surface area contributed by atoms with Crippen LogP contribution in [-0.2, 0) is 13.0 Å². The summed E-state index contributed by atoms with van der Waals surface area (Å²) in [6, 6.07) is 3.31. The van der Waals surface area contributed by atoms with Crippen LogP contribution >= 0.6 is 0 Å². The van der Waals surface area contributed by atoms with Crippen LogP contribution in [0.4, 0.5) is 4.39 Å². The lowest BCUT2D eigenvalue weighted by Crippen LogP contribution is -2.12. The van der Waals surface area contributed by atoms with Crippen molar-refractivity contribution in [3.63, 3.8) is 0 Å². The molecule has 1 N–H and O–H groups in total. The van der Waals surface area contributed by atoms with Gasteiger partial charge in [-0.3, -0.25) is 0 Å². The molecule has 1 heterocycles. The lowest BCUT2D eigenvalue weighted by molar-refractivity contribution is 0.505. The van der Waals surface area contributed by atoms with E-state index in [9.17, 15) is 4.39 Å². The van der Waals surface area contributed by atoms with Gasteiger partial charge in [0.15, 0.2) is 0 Å². The Kier molecular flexibility index (Phi) is 4.25. The first-order valence-electron chi connectivity index (χ1n) is 6.94. The molecule has 0 aliphatic carbocycles. The molecule has 2 rings (SSSR count). The van der Waals surface area contributed by atoms with Crippen LogP contribution in [0, 0.1) is 18.7 Å². The van der Waals surface area contributed by atoms with E-state index in [2.05, 4.69) is 26.1 Å². The molecule has 2 nitrogen and oxygen atoms in total. The standard InChI is InChI=1S/C16H22FNO/c1-5-18-9-14-12(8-10(2)3)15-13(17)7-6-11(4)16(15)19-14/h6-7,10,18H,5,8-9H2,1-4H3. The van der Waals surface area contributed by atoms with Gasteiger partial charge in [0.1, 0.15) is 17.2 Å². The minimum absolute atomic E-state index is 0.178. The van der Waals surface area contributed by atoms with Crippen LogP contribution in [0.3, 0.4) is 0 Å². The maximum Gasteiger partial charge on any atom is 0.140 e. The SMILES string of the molecule is CCNCc1oc2c(C)ccc(F)c2c1CC(C)C. The Bertz CT molecular complexity index is 572. The van der Waals surface area contributed by atoms with Crippen molar-refractivity contribution in [2.45, 2.75) is 40.7 Å². The number of hydrogen-bond acceptors (Lipinski definition) is 2. The van der Waals surface area contributed by atoms with E-state index < -0.39 is 0 Å². The largest absolute Gasteiger partial charge is 0.459 e. The van der Waals surface area contributed by atoms with Crippen LogP contribution in [0.25, 0.3) is 11.0 Å². The Labute approximate surface area is 114 Å². The van der Waals surface area contributed by atoms with Crippen LogP contribution in [0.1, 0.15) is 37.7 Å². The fraction of sp³-hybridized carbons (Fsp3) is 0.500. The second-order valence-corrected chi connectivity index (χ2v) is 5.45. The number of nitrogens with one attached hydrogen (secondary N) is 1. The number of aryl methyl sites for hydroxylation is 1. The van der Waals surface area contributed by atoms with Crippen molar-refractivity contribution in [1.29, 1.82) is 0 Å². The molecule has 0 bridgehead atoms. The van der Waals surface area contributed by atoms with Gasteiger partial charge in [-0.05, 0) is 37.4 Å². The number of furan rings is 1. The highest BCUT2D eigenvalue weighted by Gasteiger charge is 2.19. The molecule has 0 fully saturated rings. The summed E-state index contributed by atoms with van der Waals surface area (Å²) in [6.07, 6.45) is 0.841. The molecule has 0 amide bonds. The molecule has 0 unspecified atom stereocenters. The molecular weight excluding hydrogens is 241 g/mol. The Morgan fingerprint density at radius 1 is 1.32 bits per heavy atom. The third-order valence-electron chi connectivity index (χ3n) is 3.32. The Morgan fingerprint density at radius 2 is 2.05 bits per heavy atom. The van der Waals surface area contributed by atoms with Gasteiger partial charge in [-0.15, -0.1) is 0 Å². The van der Waals surface area contributed by atoms with E-state index in [0.717, 1.165) is 29.9 Å². The van der Waals surface area contributed by atoms with Crippen molar-refractivity contribution >= 4 is 11.0 Å². The maximum absolute atomic E-state index is 14.1. The summed E-state index contributed by atoms with van der Waals surface area (Å²) in [4.78, 5) is 0. The molecular formula is C16H22FNO. The van der Waals surface area contributed by atoms with Gasteiger partial charge >= 0.3 is 0 Å². The highest BCUT2D eigenvalue weighted by molar-refractivity contribution is 5.85. The molecule has 104 valence electrons. The molecule has 0 aliphatic rings. The predicted octanol–water partition coefficient (Wildman–Crippen LogP) is 4.19. The molecule has 0 aliphatic heterocycles. The quantitative estimate of drug-likeness (QED) is 0.875. The summed E-state index contributed by atoms with van der Waals surface area (Å²) in [6.45, 7) is 9.83. The number of hydrogen-bond donors (Lipinski definition) is 1.